The summed E-state index contributed by atoms with van der Waals surface area (Å²) < 4.78 is 1.76. The van der Waals surface area contributed by atoms with Crippen molar-refractivity contribution in [2.45, 2.75) is 19.8 Å². The Kier molecular flexibility index (Phi) is 6.98. The van der Waals surface area contributed by atoms with Gasteiger partial charge < -0.3 is 16.0 Å². The summed E-state index contributed by atoms with van der Waals surface area (Å²) in [7, 11) is 1.88. The zero-order valence-corrected chi connectivity index (χ0v) is 16.5. The van der Waals surface area contributed by atoms with Gasteiger partial charge in [0, 0.05) is 49.5 Å². The van der Waals surface area contributed by atoms with E-state index in [0.717, 1.165) is 23.5 Å². The number of benzene rings is 1. The summed E-state index contributed by atoms with van der Waals surface area (Å²) in [5.74, 6) is -0.137. The van der Waals surface area contributed by atoms with Crippen molar-refractivity contribution in [2.24, 2.45) is 18.9 Å². The molecule has 2 atom stereocenters. The Hall–Kier alpha value is -2.38. The average molecular weight is 392 g/mol. The Labute approximate surface area is 165 Å². The van der Waals surface area contributed by atoms with Crippen LogP contribution in [0, 0.1) is 11.8 Å². The van der Waals surface area contributed by atoms with Crippen LogP contribution in [0.2, 0.25) is 0 Å². The monoisotopic (exact) mass is 391 g/mol. The summed E-state index contributed by atoms with van der Waals surface area (Å²) >= 11 is 0. The molecule has 0 unspecified atom stereocenters. The smallest absolute Gasteiger partial charge is 0.229 e. The molecule has 0 bridgehead atoms. The first kappa shape index (κ1) is 20.9. The van der Waals surface area contributed by atoms with E-state index in [1.165, 1.54) is 0 Å². The van der Waals surface area contributed by atoms with Gasteiger partial charge in [0.2, 0.25) is 11.8 Å². The van der Waals surface area contributed by atoms with Crippen molar-refractivity contribution in [3.63, 3.8) is 0 Å². The molecule has 8 heteroatoms. The molecular weight excluding hydrogens is 366 g/mol. The van der Waals surface area contributed by atoms with E-state index in [4.69, 9.17) is 0 Å². The molecule has 0 aliphatic carbocycles. The minimum Gasteiger partial charge on any atom is -0.326 e. The van der Waals surface area contributed by atoms with E-state index >= 15 is 0 Å². The normalized spacial score (nSPS) is 18.8. The molecule has 1 aliphatic rings. The van der Waals surface area contributed by atoms with Crippen LogP contribution in [0.3, 0.4) is 0 Å². The highest BCUT2D eigenvalue weighted by Crippen LogP contribution is 2.29. The highest BCUT2D eigenvalue weighted by Gasteiger charge is 2.34. The van der Waals surface area contributed by atoms with Gasteiger partial charge in [0.1, 0.15) is 0 Å². The summed E-state index contributed by atoms with van der Waals surface area (Å²) in [6.07, 6.45) is 3.79. The summed E-state index contributed by atoms with van der Waals surface area (Å²) in [6, 6.07) is 7.19. The first-order chi connectivity index (χ1) is 12.4. The molecule has 1 aliphatic heterocycles. The van der Waals surface area contributed by atoms with Crippen LogP contribution in [-0.4, -0.2) is 34.7 Å². The molecule has 3 N–H and O–H groups in total. The van der Waals surface area contributed by atoms with Crippen LogP contribution in [-0.2, 0) is 16.6 Å². The Bertz CT molecular complexity index is 788. The van der Waals surface area contributed by atoms with Gasteiger partial charge in [-0.15, -0.1) is 12.4 Å². The molecule has 27 heavy (non-hydrogen) atoms. The third-order valence-electron chi connectivity index (χ3n) is 4.65. The van der Waals surface area contributed by atoms with Gasteiger partial charge in [-0.2, -0.15) is 5.10 Å². The number of amides is 2. The second-order valence-electron chi connectivity index (χ2n) is 7.03. The minimum atomic E-state index is -0.139. The summed E-state index contributed by atoms with van der Waals surface area (Å²) in [5, 5.41) is 13.3. The number of anilines is 2. The van der Waals surface area contributed by atoms with Gasteiger partial charge in [-0.05, 0) is 29.8 Å². The van der Waals surface area contributed by atoms with E-state index in [1.54, 1.807) is 28.9 Å². The van der Waals surface area contributed by atoms with E-state index in [0.29, 0.717) is 6.54 Å². The summed E-state index contributed by atoms with van der Waals surface area (Å²) in [6.45, 7) is 5.11. The van der Waals surface area contributed by atoms with Gasteiger partial charge >= 0.3 is 0 Å². The number of hydrogen-bond donors (Lipinski definition) is 3. The van der Waals surface area contributed by atoms with Crippen molar-refractivity contribution in [1.82, 2.24) is 15.1 Å². The largest absolute Gasteiger partial charge is 0.326 e. The van der Waals surface area contributed by atoms with E-state index in [2.05, 4.69) is 21.0 Å². The highest BCUT2D eigenvalue weighted by molar-refractivity contribution is 5.95. The second-order valence-corrected chi connectivity index (χ2v) is 7.03. The minimum absolute atomic E-state index is 0. The lowest BCUT2D eigenvalue weighted by Gasteiger charge is -2.17. The van der Waals surface area contributed by atoms with Crippen LogP contribution < -0.4 is 16.0 Å². The Morgan fingerprint density at radius 3 is 2.33 bits per heavy atom. The maximum absolute atomic E-state index is 12.7. The van der Waals surface area contributed by atoms with E-state index < -0.39 is 0 Å². The predicted octanol–water partition coefficient (Wildman–Crippen LogP) is 2.38. The number of carbonyl (C=O) groups is 2. The number of nitrogens with zero attached hydrogens (tertiary/aromatic N) is 2. The average Bonchev–Trinajstić information content (AvgIpc) is 3.25. The molecule has 2 heterocycles. The fourth-order valence-corrected chi connectivity index (χ4v) is 3.09. The standard InChI is InChI=1S/C19H25N5O2.ClH/c1-12(2)18(25)22-14-4-6-15(7-5-14)23-19(26)17-10-20-9-16(17)13-8-21-24(3)11-13;/h4-8,11-12,16-17,20H,9-10H2,1-3H3,(H,22,25)(H,23,26);1H/t16-,17+;/m1./s1. The maximum atomic E-state index is 12.7. The van der Waals surface area contributed by atoms with Gasteiger partial charge in [-0.1, -0.05) is 13.8 Å². The molecule has 0 saturated carbocycles. The first-order valence-electron chi connectivity index (χ1n) is 8.85. The molecule has 1 aromatic carbocycles. The van der Waals surface area contributed by atoms with Crippen molar-refractivity contribution in [1.29, 1.82) is 0 Å². The molecule has 2 amide bonds. The zero-order valence-electron chi connectivity index (χ0n) is 15.7. The van der Waals surface area contributed by atoms with Gasteiger partial charge in [0.25, 0.3) is 0 Å². The number of rotatable bonds is 5. The van der Waals surface area contributed by atoms with Crippen LogP contribution in [0.15, 0.2) is 36.7 Å². The number of hydrogen-bond acceptors (Lipinski definition) is 4. The van der Waals surface area contributed by atoms with E-state index in [9.17, 15) is 9.59 Å². The number of aromatic nitrogens is 2. The number of nitrogens with one attached hydrogen (secondary N) is 3. The lowest BCUT2D eigenvalue weighted by molar-refractivity contribution is -0.120. The van der Waals surface area contributed by atoms with Gasteiger partial charge in [-0.3, -0.25) is 14.3 Å². The maximum Gasteiger partial charge on any atom is 0.229 e. The molecule has 1 saturated heterocycles. The van der Waals surface area contributed by atoms with Crippen molar-refractivity contribution >= 4 is 35.6 Å². The molecule has 3 rings (SSSR count). The van der Waals surface area contributed by atoms with Crippen molar-refractivity contribution < 1.29 is 9.59 Å². The highest BCUT2D eigenvalue weighted by atomic mass is 35.5. The van der Waals surface area contributed by atoms with E-state index in [1.807, 2.05) is 33.3 Å². The lowest BCUT2D eigenvalue weighted by atomic mass is 9.90. The predicted molar refractivity (Wildman–Crippen MR) is 108 cm³/mol. The van der Waals surface area contributed by atoms with Gasteiger partial charge in [-0.25, -0.2) is 0 Å². The van der Waals surface area contributed by atoms with Crippen LogP contribution in [0.1, 0.15) is 25.3 Å². The molecule has 146 valence electrons. The third-order valence-corrected chi connectivity index (χ3v) is 4.65. The van der Waals surface area contributed by atoms with E-state index in [-0.39, 0.29) is 42.0 Å². The second kappa shape index (κ2) is 9.01. The molecule has 0 spiro atoms. The Balaban J connectivity index is 0.00000261. The van der Waals surface area contributed by atoms with Crippen LogP contribution >= 0.6 is 12.4 Å². The Morgan fingerprint density at radius 1 is 1.15 bits per heavy atom. The van der Waals surface area contributed by atoms with Crippen molar-refractivity contribution in [3.8, 4) is 0 Å². The summed E-state index contributed by atoms with van der Waals surface area (Å²) in [5.41, 5.74) is 2.51. The third kappa shape index (κ3) is 5.08. The molecule has 2 aromatic rings. The van der Waals surface area contributed by atoms with Crippen LogP contribution in [0.4, 0.5) is 11.4 Å². The zero-order chi connectivity index (χ0) is 18.7. The van der Waals surface area contributed by atoms with Crippen LogP contribution in [0.25, 0.3) is 0 Å². The first-order valence-corrected chi connectivity index (χ1v) is 8.85. The van der Waals surface area contributed by atoms with Gasteiger partial charge in [0.15, 0.2) is 0 Å². The SMILES string of the molecule is CC(C)C(=O)Nc1ccc(NC(=O)[C@H]2CNC[C@@H]2c2cnn(C)c2)cc1.Cl. The molecule has 0 radical (unpaired) electrons. The van der Waals surface area contributed by atoms with Crippen LogP contribution in [0.5, 0.6) is 0 Å². The van der Waals surface area contributed by atoms with Crippen molar-refractivity contribution in [2.75, 3.05) is 23.7 Å². The van der Waals surface area contributed by atoms with Crippen molar-refractivity contribution in [3.05, 3.63) is 42.2 Å². The fourth-order valence-electron chi connectivity index (χ4n) is 3.09. The Morgan fingerprint density at radius 2 is 1.78 bits per heavy atom. The summed E-state index contributed by atoms with van der Waals surface area (Å²) in [4.78, 5) is 24.4. The van der Waals surface area contributed by atoms with Gasteiger partial charge in [0.05, 0.1) is 12.1 Å². The quantitative estimate of drug-likeness (QED) is 0.730. The molecule has 1 aromatic heterocycles. The topological polar surface area (TPSA) is 88.1 Å². The number of aryl methyl sites for hydroxylation is 1. The molecule has 7 nitrogen and oxygen atoms in total. The number of halogens is 1. The molecule has 1 fully saturated rings. The number of carbonyl (C=O) groups excluding carboxylic acids is 2. The lowest BCUT2D eigenvalue weighted by Crippen LogP contribution is -2.28. The molecular formula is C19H26ClN5O2. The fraction of sp³-hybridized carbons (Fsp3) is 0.421.